The molecular formula is C31H25ClN2O6. The minimum absolute atomic E-state index is 0.209. The second-order valence-corrected chi connectivity index (χ2v) is 10.2. The predicted octanol–water partition coefficient (Wildman–Crippen LogP) is 5.48. The van der Waals surface area contributed by atoms with Gasteiger partial charge < -0.3 is 10.1 Å². The third kappa shape index (κ3) is 5.58. The number of imide groups is 1. The Morgan fingerprint density at radius 3 is 2.30 bits per heavy atom. The molecule has 2 atom stereocenters. The summed E-state index contributed by atoms with van der Waals surface area (Å²) >= 11 is 5.82. The van der Waals surface area contributed by atoms with Crippen molar-refractivity contribution < 1.29 is 28.7 Å². The zero-order valence-corrected chi connectivity index (χ0v) is 22.3. The van der Waals surface area contributed by atoms with Gasteiger partial charge in [0.1, 0.15) is 0 Å². The molecule has 202 valence electrons. The molecule has 3 amide bonds. The van der Waals surface area contributed by atoms with E-state index in [1.807, 2.05) is 13.0 Å². The molecule has 0 saturated carbocycles. The van der Waals surface area contributed by atoms with Gasteiger partial charge in [0.25, 0.3) is 5.91 Å². The molecule has 1 saturated heterocycles. The molecule has 40 heavy (non-hydrogen) atoms. The van der Waals surface area contributed by atoms with Gasteiger partial charge in [-0.3, -0.25) is 24.1 Å². The fraction of sp³-hybridized carbons (Fsp3) is 0.194. The number of esters is 1. The van der Waals surface area contributed by atoms with Gasteiger partial charge in [-0.25, -0.2) is 4.79 Å². The summed E-state index contributed by atoms with van der Waals surface area (Å²) < 4.78 is 5.11. The number of anilines is 2. The molecule has 1 heterocycles. The van der Waals surface area contributed by atoms with Crippen LogP contribution in [-0.2, 0) is 14.3 Å². The van der Waals surface area contributed by atoms with Gasteiger partial charge >= 0.3 is 5.97 Å². The highest BCUT2D eigenvalue weighted by molar-refractivity contribution is 6.30. The fourth-order valence-corrected chi connectivity index (χ4v) is 5.03. The Labute approximate surface area is 235 Å². The van der Waals surface area contributed by atoms with E-state index in [0.29, 0.717) is 34.8 Å². The maximum Gasteiger partial charge on any atom is 0.338 e. The van der Waals surface area contributed by atoms with Gasteiger partial charge in [-0.15, -0.1) is 0 Å². The van der Waals surface area contributed by atoms with E-state index < -0.39 is 18.5 Å². The van der Waals surface area contributed by atoms with Crippen molar-refractivity contribution in [1.29, 1.82) is 0 Å². The first-order valence-electron chi connectivity index (χ1n) is 12.7. The molecule has 8 nitrogen and oxygen atoms in total. The van der Waals surface area contributed by atoms with E-state index in [0.717, 1.165) is 5.57 Å². The summed E-state index contributed by atoms with van der Waals surface area (Å²) in [5, 5.41) is 3.24. The lowest BCUT2D eigenvalue weighted by atomic mass is 9.82. The topological polar surface area (TPSA) is 110 Å². The summed E-state index contributed by atoms with van der Waals surface area (Å²) in [6.45, 7) is 1.54. The van der Waals surface area contributed by atoms with Crippen LogP contribution in [0.5, 0.6) is 0 Å². The van der Waals surface area contributed by atoms with Gasteiger partial charge in [0.05, 0.1) is 23.1 Å². The molecule has 9 heteroatoms. The number of hydrogen-bond acceptors (Lipinski definition) is 6. The van der Waals surface area contributed by atoms with Gasteiger partial charge in [-0.2, -0.15) is 0 Å². The summed E-state index contributed by atoms with van der Waals surface area (Å²) in [5.41, 5.74) is 2.74. The Morgan fingerprint density at radius 2 is 1.57 bits per heavy atom. The second kappa shape index (κ2) is 11.3. The van der Waals surface area contributed by atoms with Crippen LogP contribution in [0.1, 0.15) is 50.8 Å². The molecule has 0 spiro atoms. The van der Waals surface area contributed by atoms with Crippen molar-refractivity contribution in [3.05, 3.63) is 106 Å². The molecular weight excluding hydrogens is 532 g/mol. The van der Waals surface area contributed by atoms with Crippen LogP contribution in [0, 0.1) is 11.8 Å². The lowest BCUT2D eigenvalue weighted by molar-refractivity contribution is -0.122. The standard InChI is InChI=1S/C31H25ClN2O6/c1-18-5-14-25-26(15-18)30(38)34(29(25)37)24-4-2-3-21(16-24)28(36)33-23-12-8-20(9-13-23)31(39)40-17-27(35)19-6-10-22(32)11-7-19/h2-13,16,25-26H,14-15,17H2,1H3,(H,33,36)/t25-,26+/m0/s1. The number of fused-ring (bicyclic) bond motifs is 1. The monoisotopic (exact) mass is 556 g/mol. The summed E-state index contributed by atoms with van der Waals surface area (Å²) in [4.78, 5) is 64.8. The fourth-order valence-electron chi connectivity index (χ4n) is 4.90. The van der Waals surface area contributed by atoms with Crippen molar-refractivity contribution in [2.24, 2.45) is 11.8 Å². The summed E-state index contributed by atoms with van der Waals surface area (Å²) in [5.74, 6) is -2.70. The molecule has 0 radical (unpaired) electrons. The Bertz CT molecular complexity index is 1540. The minimum atomic E-state index is -0.682. The molecule has 0 aromatic heterocycles. The van der Waals surface area contributed by atoms with Crippen LogP contribution in [0.4, 0.5) is 11.4 Å². The second-order valence-electron chi connectivity index (χ2n) is 9.80. The number of ether oxygens (including phenoxy) is 1. The number of hydrogen-bond donors (Lipinski definition) is 1. The Hall–Kier alpha value is -4.56. The molecule has 0 unspecified atom stereocenters. The van der Waals surface area contributed by atoms with Crippen LogP contribution in [-0.4, -0.2) is 36.1 Å². The average Bonchev–Trinajstić information content (AvgIpc) is 3.20. The Morgan fingerprint density at radius 1 is 0.900 bits per heavy atom. The maximum absolute atomic E-state index is 13.0. The van der Waals surface area contributed by atoms with Gasteiger partial charge in [0, 0.05) is 21.8 Å². The van der Waals surface area contributed by atoms with E-state index in [9.17, 15) is 24.0 Å². The number of halogens is 1. The summed E-state index contributed by atoms with van der Waals surface area (Å²) in [6.07, 6.45) is 3.11. The van der Waals surface area contributed by atoms with Gasteiger partial charge in [0.2, 0.25) is 11.8 Å². The van der Waals surface area contributed by atoms with Crippen LogP contribution >= 0.6 is 11.6 Å². The Balaban J connectivity index is 1.20. The first kappa shape index (κ1) is 27.0. The van der Waals surface area contributed by atoms with Crippen molar-refractivity contribution >= 4 is 52.4 Å². The number of nitrogens with one attached hydrogen (secondary N) is 1. The SMILES string of the molecule is CC1=CC[C@@H]2C(=O)N(c3cccc(C(=O)Nc4ccc(C(=O)OCC(=O)c5ccc(Cl)cc5)cc4)c3)C(=O)[C@@H]2C1. The third-order valence-corrected chi connectivity index (χ3v) is 7.32. The van der Waals surface area contributed by atoms with E-state index in [1.165, 1.54) is 35.2 Å². The molecule has 1 fully saturated rings. The number of Topliss-reactive ketones (excluding diaryl/α,β-unsaturated/α-hetero) is 1. The summed E-state index contributed by atoms with van der Waals surface area (Å²) in [7, 11) is 0. The summed E-state index contributed by atoms with van der Waals surface area (Å²) in [6, 6.07) is 18.7. The molecule has 3 aromatic rings. The number of carbonyl (C=O) groups is 5. The average molecular weight is 557 g/mol. The smallest absolute Gasteiger partial charge is 0.338 e. The van der Waals surface area contributed by atoms with Crippen LogP contribution in [0.2, 0.25) is 5.02 Å². The molecule has 3 aromatic carbocycles. The molecule has 5 rings (SSSR count). The highest BCUT2D eigenvalue weighted by Crippen LogP contribution is 2.39. The Kier molecular flexibility index (Phi) is 7.62. The molecule has 1 aliphatic carbocycles. The number of benzene rings is 3. The molecule has 2 aliphatic rings. The van der Waals surface area contributed by atoms with E-state index in [-0.39, 0.29) is 40.6 Å². The number of amides is 3. The molecule has 1 N–H and O–H groups in total. The van der Waals surface area contributed by atoms with Crippen molar-refractivity contribution in [1.82, 2.24) is 0 Å². The number of rotatable bonds is 7. The van der Waals surface area contributed by atoms with Crippen LogP contribution < -0.4 is 10.2 Å². The van der Waals surface area contributed by atoms with Crippen LogP contribution in [0.25, 0.3) is 0 Å². The van der Waals surface area contributed by atoms with Crippen molar-refractivity contribution in [2.45, 2.75) is 19.8 Å². The minimum Gasteiger partial charge on any atom is -0.454 e. The van der Waals surface area contributed by atoms with E-state index >= 15 is 0 Å². The molecule has 1 aliphatic heterocycles. The number of allylic oxidation sites excluding steroid dienone is 2. The largest absolute Gasteiger partial charge is 0.454 e. The number of ketones is 1. The lowest BCUT2D eigenvalue weighted by Gasteiger charge is -2.18. The number of carbonyl (C=O) groups excluding carboxylic acids is 5. The lowest BCUT2D eigenvalue weighted by Crippen LogP contribution is -2.31. The van der Waals surface area contributed by atoms with Crippen LogP contribution in [0.3, 0.4) is 0 Å². The quantitative estimate of drug-likeness (QED) is 0.179. The van der Waals surface area contributed by atoms with Crippen molar-refractivity contribution in [3.63, 3.8) is 0 Å². The van der Waals surface area contributed by atoms with E-state index in [2.05, 4.69) is 5.32 Å². The van der Waals surface area contributed by atoms with E-state index in [4.69, 9.17) is 16.3 Å². The van der Waals surface area contributed by atoms with Crippen LogP contribution in [0.15, 0.2) is 84.4 Å². The first-order chi connectivity index (χ1) is 19.2. The van der Waals surface area contributed by atoms with Gasteiger partial charge in [-0.05, 0) is 86.5 Å². The third-order valence-electron chi connectivity index (χ3n) is 7.07. The first-order valence-corrected chi connectivity index (χ1v) is 13.1. The molecule has 0 bridgehead atoms. The highest BCUT2D eigenvalue weighted by Gasteiger charge is 2.48. The zero-order valence-electron chi connectivity index (χ0n) is 21.6. The zero-order chi connectivity index (χ0) is 28.4. The normalized spacial score (nSPS) is 18.1. The van der Waals surface area contributed by atoms with Crippen molar-refractivity contribution in [2.75, 3.05) is 16.8 Å². The highest BCUT2D eigenvalue weighted by atomic mass is 35.5. The maximum atomic E-state index is 13.0. The predicted molar refractivity (Wildman–Crippen MR) is 149 cm³/mol. The number of nitrogens with zero attached hydrogens (tertiary/aromatic N) is 1. The van der Waals surface area contributed by atoms with Crippen molar-refractivity contribution in [3.8, 4) is 0 Å². The van der Waals surface area contributed by atoms with Gasteiger partial charge in [0.15, 0.2) is 12.4 Å². The van der Waals surface area contributed by atoms with E-state index in [1.54, 1.807) is 42.5 Å². The van der Waals surface area contributed by atoms with Gasteiger partial charge in [-0.1, -0.05) is 29.3 Å².